The summed E-state index contributed by atoms with van der Waals surface area (Å²) >= 11 is 0. The number of rotatable bonds is 10. The molecule has 11 heteroatoms. The highest BCUT2D eigenvalue weighted by molar-refractivity contribution is 5.88. The number of carboxylic acids is 1. The van der Waals surface area contributed by atoms with Gasteiger partial charge < -0.3 is 23.9 Å². The van der Waals surface area contributed by atoms with Gasteiger partial charge >= 0.3 is 5.97 Å². The Hall–Kier alpha value is -5.34. The van der Waals surface area contributed by atoms with Crippen LogP contribution in [0.1, 0.15) is 33.9 Å². The summed E-state index contributed by atoms with van der Waals surface area (Å²) in [7, 11) is 0. The molecule has 1 aliphatic rings. The van der Waals surface area contributed by atoms with Crippen molar-refractivity contribution in [3.8, 4) is 28.8 Å². The Morgan fingerprint density at radius 3 is 2.69 bits per heavy atom. The third-order valence-corrected chi connectivity index (χ3v) is 6.90. The zero-order valence-corrected chi connectivity index (χ0v) is 22.2. The molecular weight excluding hydrogens is 541 g/mol. The Labute approximate surface area is 239 Å². The van der Waals surface area contributed by atoms with Gasteiger partial charge in [-0.15, -0.1) is 0 Å². The number of ether oxygens (including phenoxy) is 3. The topological polar surface area (TPSA) is 132 Å². The molecular formula is C31H24FN5O5. The number of benzene rings is 2. The van der Waals surface area contributed by atoms with Crippen LogP contribution in [0.3, 0.4) is 0 Å². The van der Waals surface area contributed by atoms with Crippen molar-refractivity contribution in [2.24, 2.45) is 0 Å². The second kappa shape index (κ2) is 11.6. The van der Waals surface area contributed by atoms with Crippen molar-refractivity contribution in [2.75, 3.05) is 6.61 Å². The lowest BCUT2D eigenvalue weighted by molar-refractivity contribution is -0.0593. The van der Waals surface area contributed by atoms with E-state index in [1.807, 2.05) is 34.9 Å². The van der Waals surface area contributed by atoms with E-state index in [2.05, 4.69) is 15.0 Å². The molecule has 1 aliphatic heterocycles. The molecule has 0 aliphatic carbocycles. The first-order chi connectivity index (χ1) is 20.5. The molecule has 4 heterocycles. The lowest BCUT2D eigenvalue weighted by Crippen LogP contribution is -2.32. The van der Waals surface area contributed by atoms with Gasteiger partial charge in [0.05, 0.1) is 24.3 Å². The summed E-state index contributed by atoms with van der Waals surface area (Å²) < 4.78 is 33.5. The Bertz CT molecular complexity index is 1830. The van der Waals surface area contributed by atoms with Crippen molar-refractivity contribution >= 4 is 17.1 Å². The number of aromatic carboxylic acids is 1. The molecule has 3 aromatic heterocycles. The van der Waals surface area contributed by atoms with Gasteiger partial charge in [0.25, 0.3) is 0 Å². The van der Waals surface area contributed by atoms with Gasteiger partial charge in [0.2, 0.25) is 5.88 Å². The first kappa shape index (κ1) is 26.9. The lowest BCUT2D eigenvalue weighted by atomic mass is 10.1. The number of fused-ring (bicyclic) bond motifs is 1. The minimum absolute atomic E-state index is 0.000729. The van der Waals surface area contributed by atoms with E-state index in [9.17, 15) is 14.3 Å². The largest absolute Gasteiger partial charge is 0.489 e. The molecule has 5 aromatic rings. The van der Waals surface area contributed by atoms with Crippen molar-refractivity contribution in [1.29, 1.82) is 5.26 Å². The second-order valence-electron chi connectivity index (χ2n) is 9.67. The predicted molar refractivity (Wildman–Crippen MR) is 148 cm³/mol. The summed E-state index contributed by atoms with van der Waals surface area (Å²) in [6.45, 7) is 1.27. The average molecular weight is 566 g/mol. The molecule has 2 aromatic carbocycles. The van der Waals surface area contributed by atoms with Crippen LogP contribution in [0, 0.1) is 17.1 Å². The highest BCUT2D eigenvalue weighted by Crippen LogP contribution is 2.27. The fourth-order valence-corrected chi connectivity index (χ4v) is 4.57. The van der Waals surface area contributed by atoms with Crippen LogP contribution in [0.25, 0.3) is 22.3 Å². The van der Waals surface area contributed by atoms with Crippen molar-refractivity contribution < 1.29 is 28.5 Å². The fourth-order valence-electron chi connectivity index (χ4n) is 4.57. The summed E-state index contributed by atoms with van der Waals surface area (Å²) in [4.78, 5) is 24.8. The fraction of sp³-hybridized carbons (Fsp3) is 0.194. The molecule has 0 spiro atoms. The van der Waals surface area contributed by atoms with E-state index < -0.39 is 11.8 Å². The summed E-state index contributed by atoms with van der Waals surface area (Å²) in [5, 5.41) is 18.3. The van der Waals surface area contributed by atoms with E-state index >= 15 is 0 Å². The standard InChI is InChI=1S/C31H24FN5O5/c32-25-12-19(15-33)4-5-22(25)17-41-23-3-1-2-20(13-23)21-8-10-34-29(14-21)42-18-28-35-26-6-7-27(31(38)39)36-30(26)37(28)16-24-9-11-40-24/h1-8,10,12-14,24H,9,11,16-18H2,(H,38,39). The zero-order valence-electron chi connectivity index (χ0n) is 22.2. The third kappa shape index (κ3) is 5.75. The highest BCUT2D eigenvalue weighted by atomic mass is 19.1. The van der Waals surface area contributed by atoms with Crippen LogP contribution >= 0.6 is 0 Å². The van der Waals surface area contributed by atoms with Gasteiger partial charge in [-0.1, -0.05) is 18.2 Å². The predicted octanol–water partition coefficient (Wildman–Crippen LogP) is 5.15. The molecule has 1 unspecified atom stereocenters. The minimum atomic E-state index is -1.11. The van der Waals surface area contributed by atoms with E-state index in [4.69, 9.17) is 19.5 Å². The quantitative estimate of drug-likeness (QED) is 0.244. The molecule has 1 atom stereocenters. The van der Waals surface area contributed by atoms with E-state index in [1.165, 1.54) is 12.1 Å². The number of hydrogen-bond donors (Lipinski definition) is 1. The molecule has 0 saturated carbocycles. The minimum Gasteiger partial charge on any atom is -0.489 e. The van der Waals surface area contributed by atoms with E-state index in [0.29, 0.717) is 47.3 Å². The van der Waals surface area contributed by atoms with Gasteiger partial charge in [0.1, 0.15) is 36.1 Å². The van der Waals surface area contributed by atoms with Gasteiger partial charge in [-0.2, -0.15) is 5.26 Å². The highest BCUT2D eigenvalue weighted by Gasteiger charge is 2.23. The first-order valence-corrected chi connectivity index (χ1v) is 13.2. The number of carboxylic acid groups (broad SMARTS) is 1. The van der Waals surface area contributed by atoms with Crippen molar-refractivity contribution in [2.45, 2.75) is 32.3 Å². The zero-order chi connectivity index (χ0) is 29.1. The van der Waals surface area contributed by atoms with Crippen molar-refractivity contribution in [3.05, 3.63) is 101 Å². The van der Waals surface area contributed by atoms with Crippen LogP contribution in [0.15, 0.2) is 72.9 Å². The van der Waals surface area contributed by atoms with Crippen LogP contribution in [-0.4, -0.2) is 43.3 Å². The van der Waals surface area contributed by atoms with E-state index in [1.54, 1.807) is 36.5 Å². The van der Waals surface area contributed by atoms with Gasteiger partial charge in [-0.3, -0.25) is 0 Å². The van der Waals surface area contributed by atoms with Crippen molar-refractivity contribution in [1.82, 2.24) is 19.5 Å². The van der Waals surface area contributed by atoms with Crippen LogP contribution in [0.2, 0.25) is 0 Å². The van der Waals surface area contributed by atoms with Gasteiger partial charge in [0, 0.05) is 24.4 Å². The van der Waals surface area contributed by atoms with Gasteiger partial charge in [-0.25, -0.2) is 24.1 Å². The Balaban J connectivity index is 1.18. The Morgan fingerprint density at radius 1 is 1.07 bits per heavy atom. The smallest absolute Gasteiger partial charge is 0.354 e. The molecule has 210 valence electrons. The van der Waals surface area contributed by atoms with Crippen LogP contribution in [-0.2, 0) is 24.5 Å². The van der Waals surface area contributed by atoms with E-state index in [-0.39, 0.29) is 30.6 Å². The number of pyridine rings is 2. The van der Waals surface area contributed by atoms with Crippen molar-refractivity contribution in [3.63, 3.8) is 0 Å². The number of nitrogens with zero attached hydrogens (tertiary/aromatic N) is 5. The molecule has 1 saturated heterocycles. The number of halogens is 1. The number of hydrogen-bond acceptors (Lipinski definition) is 8. The van der Waals surface area contributed by atoms with E-state index in [0.717, 1.165) is 17.5 Å². The summed E-state index contributed by atoms with van der Waals surface area (Å²) in [5.41, 5.74) is 3.25. The number of aromatic nitrogens is 4. The summed E-state index contributed by atoms with van der Waals surface area (Å²) in [6.07, 6.45) is 2.53. The van der Waals surface area contributed by atoms with Gasteiger partial charge in [-0.05, 0) is 60.0 Å². The lowest BCUT2D eigenvalue weighted by Gasteiger charge is -2.27. The second-order valence-corrected chi connectivity index (χ2v) is 9.67. The third-order valence-electron chi connectivity index (χ3n) is 6.90. The maximum atomic E-state index is 14.3. The normalized spacial score (nSPS) is 14.2. The maximum Gasteiger partial charge on any atom is 0.354 e. The summed E-state index contributed by atoms with van der Waals surface area (Å²) in [5.74, 6) is -0.104. The molecule has 0 amide bonds. The van der Waals surface area contributed by atoms with Crippen LogP contribution in [0.4, 0.5) is 4.39 Å². The molecule has 0 radical (unpaired) electrons. The molecule has 42 heavy (non-hydrogen) atoms. The van der Waals surface area contributed by atoms with Gasteiger partial charge in [0.15, 0.2) is 11.3 Å². The molecule has 0 bridgehead atoms. The molecule has 10 nitrogen and oxygen atoms in total. The number of imidazole rings is 1. The molecule has 6 rings (SSSR count). The first-order valence-electron chi connectivity index (χ1n) is 13.2. The number of nitriles is 1. The molecule has 1 N–H and O–H groups in total. The summed E-state index contributed by atoms with van der Waals surface area (Å²) in [6, 6.07) is 20.3. The SMILES string of the molecule is N#Cc1ccc(COc2cccc(-c3ccnc(OCc4nc5ccc(C(=O)O)nc5n4CC4CCO4)c3)c2)c(F)c1. The number of carbonyl (C=O) groups is 1. The van der Waals surface area contributed by atoms with Crippen LogP contribution < -0.4 is 9.47 Å². The maximum absolute atomic E-state index is 14.3. The molecule has 1 fully saturated rings. The average Bonchev–Trinajstić information content (AvgIpc) is 3.33. The Kier molecular flexibility index (Phi) is 7.45. The Morgan fingerprint density at radius 2 is 1.93 bits per heavy atom. The monoisotopic (exact) mass is 565 g/mol. The van der Waals surface area contributed by atoms with Crippen LogP contribution in [0.5, 0.6) is 11.6 Å².